The van der Waals surface area contributed by atoms with Crippen LogP contribution in [0.25, 0.3) is 0 Å². The van der Waals surface area contributed by atoms with Gasteiger partial charge in [0.2, 0.25) is 5.91 Å². The molecule has 0 fully saturated rings. The van der Waals surface area contributed by atoms with Gasteiger partial charge in [-0.3, -0.25) is 4.79 Å². The molecule has 3 nitrogen and oxygen atoms in total. The van der Waals surface area contributed by atoms with Crippen molar-refractivity contribution in [1.29, 1.82) is 5.26 Å². The molecule has 0 aliphatic heterocycles. The number of anilines is 1. The van der Waals surface area contributed by atoms with Gasteiger partial charge >= 0.3 is 0 Å². The van der Waals surface area contributed by atoms with E-state index in [9.17, 15) is 4.79 Å². The molecule has 0 aromatic heterocycles. The van der Waals surface area contributed by atoms with Crippen LogP contribution in [0.2, 0.25) is 5.02 Å². The van der Waals surface area contributed by atoms with Crippen molar-refractivity contribution in [1.82, 2.24) is 0 Å². The molecule has 0 bridgehead atoms. The third-order valence-electron chi connectivity index (χ3n) is 2.04. The van der Waals surface area contributed by atoms with Crippen molar-refractivity contribution in [2.24, 2.45) is 0 Å². The first-order valence-electron chi connectivity index (χ1n) is 4.54. The van der Waals surface area contributed by atoms with Gasteiger partial charge in [-0.25, -0.2) is 0 Å². The van der Waals surface area contributed by atoms with Crippen LogP contribution in [-0.4, -0.2) is 13.0 Å². The van der Waals surface area contributed by atoms with Crippen molar-refractivity contribution in [3.05, 3.63) is 29.3 Å². The van der Waals surface area contributed by atoms with Crippen molar-refractivity contribution in [3.63, 3.8) is 0 Å². The zero-order valence-electron chi connectivity index (χ0n) is 8.40. The minimum absolute atomic E-state index is 0.0705. The molecule has 1 aromatic carbocycles. The molecular formula is C11H11ClN2O. The lowest BCUT2D eigenvalue weighted by Crippen LogP contribution is -2.25. The lowest BCUT2D eigenvalue weighted by atomic mass is 10.2. The number of rotatable bonds is 3. The van der Waals surface area contributed by atoms with Crippen LogP contribution < -0.4 is 4.90 Å². The van der Waals surface area contributed by atoms with Crippen LogP contribution in [0.3, 0.4) is 0 Å². The highest BCUT2D eigenvalue weighted by Crippen LogP contribution is 2.17. The summed E-state index contributed by atoms with van der Waals surface area (Å²) < 4.78 is 0. The lowest BCUT2D eigenvalue weighted by Gasteiger charge is -2.16. The van der Waals surface area contributed by atoms with Gasteiger partial charge in [0.1, 0.15) is 0 Å². The minimum Gasteiger partial charge on any atom is -0.315 e. The fourth-order valence-corrected chi connectivity index (χ4v) is 1.27. The van der Waals surface area contributed by atoms with E-state index >= 15 is 0 Å². The van der Waals surface area contributed by atoms with Crippen LogP contribution in [0.1, 0.15) is 12.8 Å². The third kappa shape index (κ3) is 3.26. The van der Waals surface area contributed by atoms with Gasteiger partial charge in [0.25, 0.3) is 0 Å². The van der Waals surface area contributed by atoms with E-state index in [-0.39, 0.29) is 18.7 Å². The molecule has 15 heavy (non-hydrogen) atoms. The molecular weight excluding hydrogens is 212 g/mol. The standard InChI is InChI=1S/C11H11ClN2O/c1-14(11(15)3-2-8-13)10-6-4-9(12)5-7-10/h4-7H,2-3H2,1H3. The highest BCUT2D eigenvalue weighted by atomic mass is 35.5. The van der Waals surface area contributed by atoms with Crippen LogP contribution >= 0.6 is 11.6 Å². The summed E-state index contributed by atoms with van der Waals surface area (Å²) in [5.74, 6) is -0.0705. The van der Waals surface area contributed by atoms with E-state index in [1.54, 1.807) is 31.3 Å². The van der Waals surface area contributed by atoms with Gasteiger partial charge in [-0.1, -0.05) is 11.6 Å². The van der Waals surface area contributed by atoms with Crippen LogP contribution in [0.15, 0.2) is 24.3 Å². The fourth-order valence-electron chi connectivity index (χ4n) is 1.14. The van der Waals surface area contributed by atoms with E-state index in [1.165, 1.54) is 4.90 Å². The lowest BCUT2D eigenvalue weighted by molar-refractivity contribution is -0.118. The van der Waals surface area contributed by atoms with Crippen LogP contribution in [0, 0.1) is 11.3 Å². The van der Waals surface area contributed by atoms with Crippen molar-refractivity contribution in [3.8, 4) is 6.07 Å². The number of carbonyl (C=O) groups excluding carboxylic acids is 1. The highest BCUT2D eigenvalue weighted by Gasteiger charge is 2.09. The maximum atomic E-state index is 11.5. The Morgan fingerprint density at radius 1 is 1.47 bits per heavy atom. The van der Waals surface area contributed by atoms with Crippen molar-refractivity contribution >= 4 is 23.2 Å². The average molecular weight is 223 g/mol. The molecule has 0 saturated carbocycles. The zero-order valence-corrected chi connectivity index (χ0v) is 9.16. The number of nitriles is 1. The van der Waals surface area contributed by atoms with Gasteiger partial charge in [0, 0.05) is 30.6 Å². The molecule has 0 heterocycles. The quantitative estimate of drug-likeness (QED) is 0.789. The minimum atomic E-state index is -0.0705. The average Bonchev–Trinajstić information content (AvgIpc) is 2.26. The Hall–Kier alpha value is -1.53. The fraction of sp³-hybridized carbons (Fsp3) is 0.273. The van der Waals surface area contributed by atoms with Gasteiger partial charge in [0.15, 0.2) is 0 Å². The summed E-state index contributed by atoms with van der Waals surface area (Å²) in [5, 5.41) is 9.00. The van der Waals surface area contributed by atoms with E-state index in [0.717, 1.165) is 5.69 Å². The molecule has 0 saturated heterocycles. The van der Waals surface area contributed by atoms with E-state index in [2.05, 4.69) is 0 Å². The second kappa shape index (κ2) is 5.38. The number of amides is 1. The molecule has 0 unspecified atom stereocenters. The topological polar surface area (TPSA) is 44.1 Å². The molecule has 1 aromatic rings. The first-order valence-corrected chi connectivity index (χ1v) is 4.92. The molecule has 1 rings (SSSR count). The highest BCUT2D eigenvalue weighted by molar-refractivity contribution is 6.30. The van der Waals surface area contributed by atoms with Crippen LogP contribution in [0.4, 0.5) is 5.69 Å². The Morgan fingerprint density at radius 3 is 2.60 bits per heavy atom. The Morgan fingerprint density at radius 2 is 2.07 bits per heavy atom. The number of benzene rings is 1. The van der Waals surface area contributed by atoms with Crippen LogP contribution in [-0.2, 0) is 4.79 Å². The number of carbonyl (C=O) groups is 1. The molecule has 0 aliphatic rings. The largest absolute Gasteiger partial charge is 0.315 e. The predicted octanol–water partition coefficient (Wildman–Crippen LogP) is 2.61. The molecule has 0 radical (unpaired) electrons. The number of hydrogen-bond acceptors (Lipinski definition) is 2. The van der Waals surface area contributed by atoms with E-state index in [0.29, 0.717) is 5.02 Å². The summed E-state index contributed by atoms with van der Waals surface area (Å²) in [5.41, 5.74) is 0.780. The summed E-state index contributed by atoms with van der Waals surface area (Å²) in [6, 6.07) is 8.94. The maximum Gasteiger partial charge on any atom is 0.227 e. The Kier molecular flexibility index (Phi) is 4.14. The first kappa shape index (κ1) is 11.5. The zero-order chi connectivity index (χ0) is 11.3. The van der Waals surface area contributed by atoms with Crippen molar-refractivity contribution in [2.45, 2.75) is 12.8 Å². The Balaban J connectivity index is 2.68. The van der Waals surface area contributed by atoms with Gasteiger partial charge in [-0.2, -0.15) is 5.26 Å². The second-order valence-electron chi connectivity index (χ2n) is 3.09. The predicted molar refractivity (Wildman–Crippen MR) is 59.7 cm³/mol. The number of hydrogen-bond donors (Lipinski definition) is 0. The molecule has 0 spiro atoms. The van der Waals surface area contributed by atoms with Gasteiger partial charge in [-0.05, 0) is 24.3 Å². The summed E-state index contributed by atoms with van der Waals surface area (Å²) in [6.45, 7) is 0. The summed E-state index contributed by atoms with van der Waals surface area (Å²) in [4.78, 5) is 13.1. The maximum absolute atomic E-state index is 11.5. The molecule has 78 valence electrons. The monoisotopic (exact) mass is 222 g/mol. The van der Waals surface area contributed by atoms with E-state index in [1.807, 2.05) is 6.07 Å². The molecule has 4 heteroatoms. The number of nitrogens with zero attached hydrogens (tertiary/aromatic N) is 2. The van der Waals surface area contributed by atoms with Gasteiger partial charge in [-0.15, -0.1) is 0 Å². The number of halogens is 1. The summed E-state index contributed by atoms with van der Waals surface area (Å²) >= 11 is 5.73. The molecule has 0 aliphatic carbocycles. The third-order valence-corrected chi connectivity index (χ3v) is 2.29. The second-order valence-corrected chi connectivity index (χ2v) is 3.52. The molecule has 1 amide bonds. The van der Waals surface area contributed by atoms with Crippen LogP contribution in [0.5, 0.6) is 0 Å². The van der Waals surface area contributed by atoms with Gasteiger partial charge < -0.3 is 4.90 Å². The Bertz CT molecular complexity index is 381. The Labute approximate surface area is 93.9 Å². The van der Waals surface area contributed by atoms with Gasteiger partial charge in [0.05, 0.1) is 6.07 Å². The molecule has 0 atom stereocenters. The van der Waals surface area contributed by atoms with Crippen molar-refractivity contribution < 1.29 is 4.79 Å². The first-order chi connectivity index (χ1) is 7.15. The summed E-state index contributed by atoms with van der Waals surface area (Å²) in [6.07, 6.45) is 0.492. The molecule has 0 N–H and O–H groups in total. The summed E-state index contributed by atoms with van der Waals surface area (Å²) in [7, 11) is 1.68. The normalized spacial score (nSPS) is 9.40. The SMILES string of the molecule is CN(C(=O)CCC#N)c1ccc(Cl)cc1. The van der Waals surface area contributed by atoms with E-state index in [4.69, 9.17) is 16.9 Å². The van der Waals surface area contributed by atoms with E-state index < -0.39 is 0 Å². The smallest absolute Gasteiger partial charge is 0.227 e. The van der Waals surface area contributed by atoms with Crippen molar-refractivity contribution in [2.75, 3.05) is 11.9 Å².